The van der Waals surface area contributed by atoms with Gasteiger partial charge in [0.2, 0.25) is 0 Å². The van der Waals surface area contributed by atoms with Gasteiger partial charge in [-0.3, -0.25) is 0 Å². The summed E-state index contributed by atoms with van der Waals surface area (Å²) in [4.78, 5) is 13.3. The SMILES string of the molecule is CCCc1nc(-c2nccs2)nc(NC)c1Br. The molecule has 2 heterocycles. The summed E-state index contributed by atoms with van der Waals surface area (Å²) in [6.07, 6.45) is 3.75. The average molecular weight is 313 g/mol. The topological polar surface area (TPSA) is 50.7 Å². The second-order valence-corrected chi connectivity index (χ2v) is 5.18. The van der Waals surface area contributed by atoms with Crippen LogP contribution >= 0.6 is 27.3 Å². The molecular weight excluding hydrogens is 300 g/mol. The van der Waals surface area contributed by atoms with E-state index in [2.05, 4.69) is 43.1 Å². The standard InChI is InChI=1S/C11H13BrN4S/c1-3-4-7-8(12)9(13-2)16-10(15-7)11-14-5-6-17-11/h5-6H,3-4H2,1-2H3,(H,13,15,16). The van der Waals surface area contributed by atoms with Crippen molar-refractivity contribution in [2.75, 3.05) is 12.4 Å². The van der Waals surface area contributed by atoms with Crippen molar-refractivity contribution in [1.82, 2.24) is 15.0 Å². The molecule has 0 spiro atoms. The highest BCUT2D eigenvalue weighted by Gasteiger charge is 2.13. The molecule has 0 aliphatic rings. The van der Waals surface area contributed by atoms with Gasteiger partial charge in [-0.15, -0.1) is 11.3 Å². The fraction of sp³-hybridized carbons (Fsp3) is 0.364. The van der Waals surface area contributed by atoms with E-state index in [4.69, 9.17) is 0 Å². The van der Waals surface area contributed by atoms with Crippen LogP contribution in [-0.4, -0.2) is 22.0 Å². The molecule has 2 aromatic heterocycles. The summed E-state index contributed by atoms with van der Waals surface area (Å²) in [5.74, 6) is 1.50. The highest BCUT2D eigenvalue weighted by atomic mass is 79.9. The third kappa shape index (κ3) is 2.63. The molecular formula is C11H13BrN4S. The lowest BCUT2D eigenvalue weighted by Gasteiger charge is -2.09. The van der Waals surface area contributed by atoms with Gasteiger partial charge in [-0.1, -0.05) is 13.3 Å². The van der Waals surface area contributed by atoms with Crippen molar-refractivity contribution in [3.05, 3.63) is 21.7 Å². The Morgan fingerprint density at radius 3 is 2.82 bits per heavy atom. The second kappa shape index (κ2) is 5.55. The number of halogens is 1. The molecule has 1 N–H and O–H groups in total. The van der Waals surface area contributed by atoms with Crippen LogP contribution in [0.3, 0.4) is 0 Å². The van der Waals surface area contributed by atoms with Crippen LogP contribution in [0.25, 0.3) is 10.8 Å². The quantitative estimate of drug-likeness (QED) is 0.940. The monoisotopic (exact) mass is 312 g/mol. The maximum Gasteiger partial charge on any atom is 0.190 e. The molecule has 0 atom stereocenters. The normalized spacial score (nSPS) is 10.5. The third-order valence-electron chi connectivity index (χ3n) is 2.27. The Balaban J connectivity index is 2.50. The first kappa shape index (κ1) is 12.4. The molecule has 0 aliphatic heterocycles. The summed E-state index contributed by atoms with van der Waals surface area (Å²) in [6, 6.07) is 0. The number of aromatic nitrogens is 3. The van der Waals surface area contributed by atoms with Crippen molar-refractivity contribution in [1.29, 1.82) is 0 Å². The van der Waals surface area contributed by atoms with Gasteiger partial charge >= 0.3 is 0 Å². The Morgan fingerprint density at radius 1 is 1.41 bits per heavy atom. The number of anilines is 1. The molecule has 4 nitrogen and oxygen atoms in total. The Morgan fingerprint density at radius 2 is 2.24 bits per heavy atom. The molecule has 0 fully saturated rings. The van der Waals surface area contributed by atoms with Crippen molar-refractivity contribution >= 4 is 33.1 Å². The second-order valence-electron chi connectivity index (χ2n) is 3.49. The molecule has 90 valence electrons. The van der Waals surface area contributed by atoms with Crippen LogP contribution in [0.2, 0.25) is 0 Å². The van der Waals surface area contributed by atoms with E-state index in [1.165, 1.54) is 0 Å². The largest absolute Gasteiger partial charge is 0.372 e. The van der Waals surface area contributed by atoms with Gasteiger partial charge in [-0.25, -0.2) is 15.0 Å². The lowest BCUT2D eigenvalue weighted by atomic mass is 10.2. The molecule has 0 saturated heterocycles. The van der Waals surface area contributed by atoms with E-state index < -0.39 is 0 Å². The molecule has 0 saturated carbocycles. The Kier molecular flexibility index (Phi) is 4.06. The molecule has 6 heteroatoms. The molecule has 0 unspecified atom stereocenters. The fourth-order valence-corrected chi connectivity index (χ4v) is 2.63. The predicted molar refractivity (Wildman–Crippen MR) is 74.4 cm³/mol. The highest BCUT2D eigenvalue weighted by Crippen LogP contribution is 2.28. The van der Waals surface area contributed by atoms with Crippen molar-refractivity contribution in [2.24, 2.45) is 0 Å². The van der Waals surface area contributed by atoms with Gasteiger partial charge in [0.1, 0.15) is 5.82 Å². The highest BCUT2D eigenvalue weighted by molar-refractivity contribution is 9.10. The van der Waals surface area contributed by atoms with Crippen LogP contribution in [0, 0.1) is 0 Å². The predicted octanol–water partition coefficient (Wildman–Crippen LogP) is 3.36. The van der Waals surface area contributed by atoms with Crippen molar-refractivity contribution in [2.45, 2.75) is 19.8 Å². The van der Waals surface area contributed by atoms with E-state index in [0.717, 1.165) is 33.8 Å². The summed E-state index contributed by atoms with van der Waals surface area (Å²) in [7, 11) is 1.86. The lowest BCUT2D eigenvalue weighted by Crippen LogP contribution is -2.03. The molecule has 2 aromatic rings. The Bertz CT molecular complexity index is 498. The average Bonchev–Trinajstić information content (AvgIpc) is 2.85. The lowest BCUT2D eigenvalue weighted by molar-refractivity contribution is 0.868. The minimum atomic E-state index is 0.691. The van der Waals surface area contributed by atoms with Crippen molar-refractivity contribution in [3.63, 3.8) is 0 Å². The first-order chi connectivity index (χ1) is 8.26. The van der Waals surface area contributed by atoms with E-state index in [9.17, 15) is 0 Å². The molecule has 0 aliphatic carbocycles. The summed E-state index contributed by atoms with van der Waals surface area (Å²) >= 11 is 5.08. The maximum atomic E-state index is 4.56. The number of hydrogen-bond acceptors (Lipinski definition) is 5. The van der Waals surface area contributed by atoms with Gasteiger partial charge in [0.05, 0.1) is 10.2 Å². The zero-order valence-electron chi connectivity index (χ0n) is 9.70. The number of thiazole rings is 1. The van der Waals surface area contributed by atoms with Gasteiger partial charge in [0, 0.05) is 18.6 Å². The van der Waals surface area contributed by atoms with Gasteiger partial charge in [0.15, 0.2) is 10.8 Å². The van der Waals surface area contributed by atoms with Gasteiger partial charge in [-0.05, 0) is 22.4 Å². The fourth-order valence-electron chi connectivity index (χ4n) is 1.49. The van der Waals surface area contributed by atoms with Gasteiger partial charge < -0.3 is 5.32 Å². The zero-order chi connectivity index (χ0) is 12.3. The van der Waals surface area contributed by atoms with E-state index >= 15 is 0 Å². The first-order valence-corrected chi connectivity index (χ1v) is 7.07. The van der Waals surface area contributed by atoms with Gasteiger partial charge in [0.25, 0.3) is 0 Å². The number of nitrogens with zero attached hydrogens (tertiary/aromatic N) is 3. The zero-order valence-corrected chi connectivity index (χ0v) is 12.1. The maximum absolute atomic E-state index is 4.56. The van der Waals surface area contributed by atoms with Crippen LogP contribution in [0.4, 0.5) is 5.82 Å². The van der Waals surface area contributed by atoms with Crippen molar-refractivity contribution < 1.29 is 0 Å². The van der Waals surface area contributed by atoms with Gasteiger partial charge in [-0.2, -0.15) is 0 Å². The first-order valence-electron chi connectivity index (χ1n) is 5.40. The van der Waals surface area contributed by atoms with Crippen LogP contribution in [0.1, 0.15) is 19.0 Å². The molecule has 17 heavy (non-hydrogen) atoms. The van der Waals surface area contributed by atoms with Crippen LogP contribution in [0.5, 0.6) is 0 Å². The van der Waals surface area contributed by atoms with Crippen LogP contribution < -0.4 is 5.32 Å². The van der Waals surface area contributed by atoms with Crippen molar-refractivity contribution in [3.8, 4) is 10.8 Å². The molecule has 0 bridgehead atoms. The summed E-state index contributed by atoms with van der Waals surface area (Å²) in [5.41, 5.74) is 1.03. The molecule has 0 radical (unpaired) electrons. The smallest absolute Gasteiger partial charge is 0.190 e. The van der Waals surface area contributed by atoms with E-state index in [1.807, 2.05) is 12.4 Å². The number of nitrogens with one attached hydrogen (secondary N) is 1. The minimum absolute atomic E-state index is 0.691. The molecule has 0 aromatic carbocycles. The number of hydrogen-bond donors (Lipinski definition) is 1. The molecule has 2 rings (SSSR count). The minimum Gasteiger partial charge on any atom is -0.372 e. The van der Waals surface area contributed by atoms with E-state index in [-0.39, 0.29) is 0 Å². The Labute approximate surface area is 113 Å². The summed E-state index contributed by atoms with van der Waals surface area (Å²) in [5, 5.41) is 5.86. The Hall–Kier alpha value is -1.01. The summed E-state index contributed by atoms with van der Waals surface area (Å²) in [6.45, 7) is 2.14. The number of aryl methyl sites for hydroxylation is 1. The third-order valence-corrected chi connectivity index (χ3v) is 3.87. The van der Waals surface area contributed by atoms with E-state index in [0.29, 0.717) is 5.82 Å². The van der Waals surface area contributed by atoms with E-state index in [1.54, 1.807) is 17.5 Å². The van der Waals surface area contributed by atoms with Crippen LogP contribution in [-0.2, 0) is 6.42 Å². The van der Waals surface area contributed by atoms with Crippen LogP contribution in [0.15, 0.2) is 16.0 Å². The molecule has 0 amide bonds. The summed E-state index contributed by atoms with van der Waals surface area (Å²) < 4.78 is 0.946. The number of rotatable bonds is 4.